The third kappa shape index (κ3) is 6.50. The number of hydrogen-bond donors (Lipinski definition) is 2. The van der Waals surface area contributed by atoms with Crippen molar-refractivity contribution in [3.8, 4) is 16.9 Å². The summed E-state index contributed by atoms with van der Waals surface area (Å²) in [6, 6.07) is 15.8. The van der Waals surface area contributed by atoms with Crippen molar-refractivity contribution < 1.29 is 9.59 Å². The van der Waals surface area contributed by atoms with Gasteiger partial charge in [0.2, 0.25) is 11.9 Å². The summed E-state index contributed by atoms with van der Waals surface area (Å²) in [4.78, 5) is 32.4. The van der Waals surface area contributed by atoms with Gasteiger partial charge in [-0.1, -0.05) is 36.4 Å². The number of imidazole rings is 1. The van der Waals surface area contributed by atoms with Gasteiger partial charge in [-0.15, -0.1) is 0 Å². The molecular formula is C28H35N5O2. The number of aromatic nitrogens is 2. The minimum absolute atomic E-state index is 0.0289. The molecule has 1 aromatic heterocycles. The van der Waals surface area contributed by atoms with Crippen LogP contribution in [0.5, 0.6) is 0 Å². The quantitative estimate of drug-likeness (QED) is 0.488. The largest absolute Gasteiger partial charge is 0.333 e. The van der Waals surface area contributed by atoms with E-state index in [2.05, 4.69) is 36.6 Å². The summed E-state index contributed by atoms with van der Waals surface area (Å²) in [6.07, 6.45) is 4.13. The highest BCUT2D eigenvalue weighted by atomic mass is 16.2. The summed E-state index contributed by atoms with van der Waals surface area (Å²) in [6.45, 7) is 10.5. The normalized spacial score (nSPS) is 13.4. The third-order valence-corrected chi connectivity index (χ3v) is 6.07. The molecule has 1 fully saturated rings. The van der Waals surface area contributed by atoms with Gasteiger partial charge in [-0.2, -0.15) is 0 Å². The monoisotopic (exact) mass is 473 g/mol. The molecule has 3 aromatic rings. The highest BCUT2D eigenvalue weighted by Gasteiger charge is 2.29. The minimum Gasteiger partial charge on any atom is -0.333 e. The molecule has 7 heteroatoms. The molecule has 4 rings (SSSR count). The molecule has 0 saturated heterocycles. The van der Waals surface area contributed by atoms with Crippen molar-refractivity contribution in [1.29, 1.82) is 0 Å². The van der Waals surface area contributed by atoms with Crippen LogP contribution in [0.2, 0.25) is 0 Å². The minimum atomic E-state index is -0.375. The van der Waals surface area contributed by atoms with Crippen LogP contribution in [0.15, 0.2) is 54.7 Å². The average Bonchev–Trinajstić information content (AvgIpc) is 3.52. The third-order valence-electron chi connectivity index (χ3n) is 6.07. The number of benzene rings is 2. The molecule has 0 aliphatic heterocycles. The standard InChI is InChI=1S/C28H35N5O2/c1-19-11-14-23(15-20(19)2)33-17-24(22-9-7-6-8-10-22)29-26(33)30-25(34)18-32(16-21-12-13-21)27(35)31-28(3,4)5/h6-11,14-15,17,21H,12-13,16,18H2,1-5H3,(H,31,35)(H,29,30,34). The zero-order valence-corrected chi connectivity index (χ0v) is 21.3. The van der Waals surface area contributed by atoms with Crippen LogP contribution in [0.1, 0.15) is 44.7 Å². The molecule has 0 radical (unpaired) electrons. The Morgan fingerprint density at radius 2 is 1.77 bits per heavy atom. The van der Waals surface area contributed by atoms with Gasteiger partial charge in [0.1, 0.15) is 6.54 Å². The number of aryl methyl sites for hydroxylation is 2. The van der Waals surface area contributed by atoms with Crippen molar-refractivity contribution in [2.75, 3.05) is 18.4 Å². The van der Waals surface area contributed by atoms with Gasteiger partial charge in [-0.3, -0.25) is 14.7 Å². The molecule has 2 N–H and O–H groups in total. The lowest BCUT2D eigenvalue weighted by molar-refractivity contribution is -0.116. The van der Waals surface area contributed by atoms with Crippen molar-refractivity contribution in [3.63, 3.8) is 0 Å². The topological polar surface area (TPSA) is 79.3 Å². The van der Waals surface area contributed by atoms with Crippen LogP contribution in [0.25, 0.3) is 16.9 Å². The van der Waals surface area contributed by atoms with E-state index in [9.17, 15) is 9.59 Å². The van der Waals surface area contributed by atoms with Gasteiger partial charge in [-0.25, -0.2) is 9.78 Å². The Morgan fingerprint density at radius 3 is 2.40 bits per heavy atom. The summed E-state index contributed by atoms with van der Waals surface area (Å²) in [7, 11) is 0. The molecule has 1 heterocycles. The van der Waals surface area contributed by atoms with E-state index >= 15 is 0 Å². The molecule has 2 aromatic carbocycles. The summed E-state index contributed by atoms with van der Waals surface area (Å²) in [5.74, 6) is 0.625. The van der Waals surface area contributed by atoms with Crippen LogP contribution >= 0.6 is 0 Å². The molecule has 3 amide bonds. The van der Waals surface area contributed by atoms with E-state index in [1.165, 1.54) is 5.56 Å². The van der Waals surface area contributed by atoms with E-state index in [-0.39, 0.29) is 24.0 Å². The second-order valence-corrected chi connectivity index (χ2v) is 10.5. The number of urea groups is 1. The first-order chi connectivity index (χ1) is 16.6. The van der Waals surface area contributed by atoms with E-state index in [4.69, 9.17) is 4.98 Å². The molecule has 0 unspecified atom stereocenters. The van der Waals surface area contributed by atoms with Gasteiger partial charge in [0.05, 0.1) is 5.69 Å². The van der Waals surface area contributed by atoms with E-state index in [1.807, 2.05) is 67.9 Å². The first kappa shape index (κ1) is 24.5. The first-order valence-corrected chi connectivity index (χ1v) is 12.2. The van der Waals surface area contributed by atoms with Crippen LogP contribution in [0.3, 0.4) is 0 Å². The molecule has 184 valence electrons. The van der Waals surface area contributed by atoms with Crippen molar-refractivity contribution >= 4 is 17.9 Å². The number of carbonyl (C=O) groups excluding carboxylic acids is 2. The maximum absolute atomic E-state index is 13.2. The molecule has 1 aliphatic carbocycles. The van der Waals surface area contributed by atoms with E-state index < -0.39 is 0 Å². The van der Waals surface area contributed by atoms with E-state index in [0.29, 0.717) is 18.4 Å². The maximum Gasteiger partial charge on any atom is 0.318 e. The Bertz CT molecular complexity index is 1210. The lowest BCUT2D eigenvalue weighted by atomic mass is 10.1. The van der Waals surface area contributed by atoms with Gasteiger partial charge in [0, 0.05) is 29.5 Å². The number of rotatable bonds is 7. The fourth-order valence-corrected chi connectivity index (χ4v) is 3.86. The second-order valence-electron chi connectivity index (χ2n) is 10.5. The summed E-state index contributed by atoms with van der Waals surface area (Å²) in [5, 5.41) is 5.95. The highest BCUT2D eigenvalue weighted by molar-refractivity contribution is 5.93. The molecule has 0 spiro atoms. The Balaban J connectivity index is 1.59. The smallest absolute Gasteiger partial charge is 0.318 e. The summed E-state index contributed by atoms with van der Waals surface area (Å²) < 4.78 is 1.90. The number of amides is 3. The number of anilines is 1. The average molecular weight is 474 g/mol. The highest BCUT2D eigenvalue weighted by Crippen LogP contribution is 2.30. The van der Waals surface area contributed by atoms with Gasteiger partial charge in [-0.05, 0) is 76.6 Å². The van der Waals surface area contributed by atoms with Crippen LogP contribution < -0.4 is 10.6 Å². The van der Waals surface area contributed by atoms with Crippen molar-refractivity contribution in [3.05, 3.63) is 65.9 Å². The SMILES string of the molecule is Cc1ccc(-n2cc(-c3ccccc3)nc2NC(=O)CN(CC2CC2)C(=O)NC(C)(C)C)cc1C. The van der Waals surface area contributed by atoms with Gasteiger partial charge in [0.25, 0.3) is 0 Å². The molecule has 1 aliphatic rings. The zero-order chi connectivity index (χ0) is 25.2. The maximum atomic E-state index is 13.2. The summed E-state index contributed by atoms with van der Waals surface area (Å²) >= 11 is 0. The van der Waals surface area contributed by atoms with Crippen molar-refractivity contribution in [2.45, 2.75) is 53.0 Å². The Hall–Kier alpha value is -3.61. The molecule has 35 heavy (non-hydrogen) atoms. The van der Waals surface area contributed by atoms with Crippen LogP contribution in [0.4, 0.5) is 10.7 Å². The molecule has 1 saturated carbocycles. The van der Waals surface area contributed by atoms with Gasteiger partial charge >= 0.3 is 6.03 Å². The van der Waals surface area contributed by atoms with Crippen molar-refractivity contribution in [2.24, 2.45) is 5.92 Å². The second kappa shape index (κ2) is 9.94. The van der Waals surface area contributed by atoms with Gasteiger partial charge in [0.15, 0.2) is 0 Å². The van der Waals surface area contributed by atoms with Crippen LogP contribution in [-0.4, -0.2) is 45.0 Å². The number of hydrogen-bond acceptors (Lipinski definition) is 3. The fourth-order valence-electron chi connectivity index (χ4n) is 3.86. The van der Waals surface area contributed by atoms with E-state index in [1.54, 1.807) is 4.90 Å². The molecular weight excluding hydrogens is 438 g/mol. The molecule has 0 atom stereocenters. The summed E-state index contributed by atoms with van der Waals surface area (Å²) in [5.41, 5.74) is 4.62. The predicted molar refractivity (Wildman–Crippen MR) is 140 cm³/mol. The molecule has 7 nitrogen and oxygen atoms in total. The lowest BCUT2D eigenvalue weighted by Gasteiger charge is -2.28. The zero-order valence-electron chi connectivity index (χ0n) is 21.3. The lowest BCUT2D eigenvalue weighted by Crippen LogP contribution is -2.51. The number of nitrogens with zero attached hydrogens (tertiary/aromatic N) is 3. The fraction of sp³-hybridized carbons (Fsp3) is 0.393. The first-order valence-electron chi connectivity index (χ1n) is 12.2. The Morgan fingerprint density at radius 1 is 1.06 bits per heavy atom. The van der Waals surface area contributed by atoms with Crippen LogP contribution in [0, 0.1) is 19.8 Å². The number of nitrogens with one attached hydrogen (secondary N) is 2. The Labute approximate surface area is 207 Å². The van der Waals surface area contributed by atoms with Crippen LogP contribution in [-0.2, 0) is 4.79 Å². The predicted octanol–water partition coefficient (Wildman–Crippen LogP) is 5.31. The van der Waals surface area contributed by atoms with Gasteiger partial charge < -0.3 is 10.2 Å². The molecule has 0 bridgehead atoms. The van der Waals surface area contributed by atoms with E-state index in [0.717, 1.165) is 35.3 Å². The number of carbonyl (C=O) groups is 2. The Kier molecular flexibility index (Phi) is 6.96. The van der Waals surface area contributed by atoms with Crippen molar-refractivity contribution in [1.82, 2.24) is 19.8 Å².